The van der Waals surface area contributed by atoms with E-state index in [9.17, 15) is 27.2 Å². The molecule has 4 aromatic rings. The number of anilines is 2. The molecule has 0 aliphatic rings. The third-order valence-corrected chi connectivity index (χ3v) is 5.38. The monoisotopic (exact) mass is 550 g/mol. The van der Waals surface area contributed by atoms with Gasteiger partial charge in [0.2, 0.25) is 0 Å². The summed E-state index contributed by atoms with van der Waals surface area (Å²) in [5.74, 6) is -6.03. The first kappa shape index (κ1) is 27.6. The second-order valence-electron chi connectivity index (χ2n) is 7.18. The highest BCUT2D eigenvalue weighted by molar-refractivity contribution is 6.33. The first-order valence-corrected chi connectivity index (χ1v) is 11.1. The number of rotatable bonds is 4. The van der Waals surface area contributed by atoms with Crippen LogP contribution in [0.25, 0.3) is 0 Å². The van der Waals surface area contributed by atoms with Crippen LogP contribution in [-0.4, -0.2) is 28.8 Å². The Bertz CT molecular complexity index is 1460. The molecule has 0 aliphatic carbocycles. The maximum Gasteiger partial charge on any atom is 0.261 e. The molecular formula is C25H16Cl2F4N4O2. The quantitative estimate of drug-likeness (QED) is 0.231. The highest BCUT2D eigenvalue weighted by Gasteiger charge is 2.21. The summed E-state index contributed by atoms with van der Waals surface area (Å²) in [5, 5.41) is 2.53. The van der Waals surface area contributed by atoms with E-state index < -0.39 is 40.6 Å². The van der Waals surface area contributed by atoms with Gasteiger partial charge in [0.05, 0.1) is 22.5 Å². The van der Waals surface area contributed by atoms with Gasteiger partial charge in [0.15, 0.2) is 33.6 Å². The van der Waals surface area contributed by atoms with Gasteiger partial charge in [-0.05, 0) is 48.5 Å². The number of hydrogen-bond donors (Lipinski definition) is 1. The number of amides is 2. The maximum atomic E-state index is 13.6. The van der Waals surface area contributed by atoms with Crippen LogP contribution < -0.4 is 10.2 Å². The van der Waals surface area contributed by atoms with Crippen LogP contribution in [0.3, 0.4) is 0 Å². The molecular weight excluding hydrogens is 535 g/mol. The van der Waals surface area contributed by atoms with Crippen molar-refractivity contribution in [2.75, 3.05) is 17.3 Å². The van der Waals surface area contributed by atoms with Crippen LogP contribution in [0, 0.1) is 23.3 Å². The molecule has 0 atom stereocenters. The molecule has 0 spiro atoms. The predicted molar refractivity (Wildman–Crippen MR) is 132 cm³/mol. The van der Waals surface area contributed by atoms with Gasteiger partial charge in [-0.2, -0.15) is 0 Å². The van der Waals surface area contributed by atoms with Crippen LogP contribution in [0.15, 0.2) is 73.1 Å². The van der Waals surface area contributed by atoms with E-state index in [4.69, 9.17) is 23.2 Å². The largest absolute Gasteiger partial charge is 0.319 e. The van der Waals surface area contributed by atoms with E-state index in [1.165, 1.54) is 49.8 Å². The zero-order valence-electron chi connectivity index (χ0n) is 18.9. The third-order valence-electron chi connectivity index (χ3n) is 4.79. The van der Waals surface area contributed by atoms with Gasteiger partial charge in [-0.3, -0.25) is 9.59 Å². The van der Waals surface area contributed by atoms with E-state index in [1.54, 1.807) is 18.2 Å². The van der Waals surface area contributed by atoms with Crippen molar-refractivity contribution in [2.45, 2.75) is 0 Å². The van der Waals surface area contributed by atoms with E-state index >= 15 is 0 Å². The molecule has 6 nitrogen and oxygen atoms in total. The van der Waals surface area contributed by atoms with Crippen LogP contribution in [0.4, 0.5) is 28.9 Å². The van der Waals surface area contributed by atoms with Gasteiger partial charge in [0.1, 0.15) is 0 Å². The second-order valence-corrected chi connectivity index (χ2v) is 7.89. The summed E-state index contributed by atoms with van der Waals surface area (Å²) in [7, 11) is 1.41. The molecule has 0 aliphatic heterocycles. The number of pyridine rings is 2. The molecule has 0 saturated heterocycles. The fraction of sp³-hybridized carbons (Fsp3) is 0.0400. The number of aromatic nitrogens is 2. The Morgan fingerprint density at radius 1 is 0.757 bits per heavy atom. The third kappa shape index (κ3) is 6.60. The van der Waals surface area contributed by atoms with Crippen molar-refractivity contribution in [2.24, 2.45) is 0 Å². The topological polar surface area (TPSA) is 75.2 Å². The average molecular weight is 551 g/mol. The summed E-state index contributed by atoms with van der Waals surface area (Å²) >= 11 is 11.6. The number of carbonyl (C=O) groups excluding carboxylic acids is 2. The molecule has 1 N–H and O–H groups in total. The zero-order valence-corrected chi connectivity index (χ0v) is 20.4. The van der Waals surface area contributed by atoms with Crippen LogP contribution in [0.2, 0.25) is 10.3 Å². The minimum atomic E-state index is -1.20. The molecule has 190 valence electrons. The lowest BCUT2D eigenvalue weighted by molar-refractivity contribution is 0.0986. The molecule has 2 aromatic heterocycles. The van der Waals surface area contributed by atoms with E-state index in [2.05, 4.69) is 15.3 Å². The van der Waals surface area contributed by atoms with Crippen LogP contribution >= 0.6 is 23.2 Å². The number of carbonyl (C=O) groups is 2. The van der Waals surface area contributed by atoms with E-state index in [1.807, 2.05) is 0 Å². The highest BCUT2D eigenvalue weighted by Crippen LogP contribution is 2.24. The summed E-state index contributed by atoms with van der Waals surface area (Å²) in [6.45, 7) is 0. The number of hydrogen-bond acceptors (Lipinski definition) is 4. The SMILES string of the molecule is CN(C(=O)c1cccc(F)c1F)c1cccnc1Cl.O=C(Nc1cccnc1Cl)c1cccc(F)c1F. The first-order valence-electron chi connectivity index (χ1n) is 10.3. The Morgan fingerprint density at radius 3 is 1.89 bits per heavy atom. The van der Waals surface area contributed by atoms with E-state index in [0.717, 1.165) is 17.0 Å². The van der Waals surface area contributed by atoms with Crippen LogP contribution in [0.5, 0.6) is 0 Å². The van der Waals surface area contributed by atoms with Gasteiger partial charge >= 0.3 is 0 Å². The average Bonchev–Trinajstić information content (AvgIpc) is 2.88. The van der Waals surface area contributed by atoms with Gasteiger partial charge in [-0.1, -0.05) is 35.3 Å². The lowest BCUT2D eigenvalue weighted by atomic mass is 10.1. The Labute approximate surface area is 218 Å². The van der Waals surface area contributed by atoms with Crippen molar-refractivity contribution in [3.8, 4) is 0 Å². The Hall–Kier alpha value is -4.02. The molecule has 0 fully saturated rings. The molecule has 0 bridgehead atoms. The summed E-state index contributed by atoms with van der Waals surface area (Å²) in [6, 6.07) is 13.0. The van der Waals surface area contributed by atoms with Crippen LogP contribution in [0.1, 0.15) is 20.7 Å². The summed E-state index contributed by atoms with van der Waals surface area (Å²) in [5.41, 5.74) is -0.206. The fourth-order valence-electron chi connectivity index (χ4n) is 2.93. The van der Waals surface area contributed by atoms with Crippen molar-refractivity contribution in [3.05, 3.63) is 118 Å². The fourth-order valence-corrected chi connectivity index (χ4v) is 3.35. The summed E-state index contributed by atoms with van der Waals surface area (Å²) in [6.07, 6.45) is 2.91. The second kappa shape index (κ2) is 12.3. The number of benzene rings is 2. The zero-order chi connectivity index (χ0) is 27.1. The van der Waals surface area contributed by atoms with Gasteiger partial charge in [0.25, 0.3) is 11.8 Å². The molecule has 2 heterocycles. The van der Waals surface area contributed by atoms with Crippen molar-refractivity contribution in [3.63, 3.8) is 0 Å². The minimum Gasteiger partial charge on any atom is -0.319 e. The van der Waals surface area contributed by atoms with Crippen molar-refractivity contribution in [1.29, 1.82) is 0 Å². The molecule has 0 saturated carbocycles. The molecule has 0 radical (unpaired) electrons. The Balaban J connectivity index is 0.000000206. The highest BCUT2D eigenvalue weighted by atomic mass is 35.5. The van der Waals surface area contributed by atoms with Crippen LogP contribution in [-0.2, 0) is 0 Å². The standard InChI is InChI=1S/C13H9ClF2N2O.C12H7ClF2N2O/c1-18(10-6-3-7-17-12(10)14)13(19)8-4-2-5-9(15)11(8)16;13-11-9(5-2-6-16-11)17-12(18)7-3-1-4-8(14)10(7)15/h2-7H,1H3;1-6H,(H,17,18). The summed E-state index contributed by atoms with van der Waals surface area (Å²) < 4.78 is 53.0. The lowest BCUT2D eigenvalue weighted by Gasteiger charge is -2.18. The van der Waals surface area contributed by atoms with Gasteiger partial charge in [0, 0.05) is 19.4 Å². The Morgan fingerprint density at radius 2 is 1.30 bits per heavy atom. The lowest BCUT2D eigenvalue weighted by Crippen LogP contribution is -2.27. The van der Waals surface area contributed by atoms with Crippen molar-refractivity contribution >= 4 is 46.4 Å². The minimum absolute atomic E-state index is 0.0719. The smallest absolute Gasteiger partial charge is 0.261 e. The first-order chi connectivity index (χ1) is 17.6. The molecule has 2 aromatic carbocycles. The summed E-state index contributed by atoms with van der Waals surface area (Å²) in [4.78, 5) is 32.5. The Kier molecular flexibility index (Phi) is 9.15. The number of halogens is 6. The van der Waals surface area contributed by atoms with Gasteiger partial charge < -0.3 is 10.2 Å². The molecule has 37 heavy (non-hydrogen) atoms. The van der Waals surface area contributed by atoms with Gasteiger partial charge in [-0.15, -0.1) is 0 Å². The van der Waals surface area contributed by atoms with Gasteiger partial charge in [-0.25, -0.2) is 27.5 Å². The van der Waals surface area contributed by atoms with E-state index in [-0.39, 0.29) is 21.6 Å². The molecule has 12 heteroatoms. The molecule has 2 amide bonds. The number of nitrogens with one attached hydrogen (secondary N) is 1. The normalized spacial score (nSPS) is 10.2. The van der Waals surface area contributed by atoms with Crippen molar-refractivity contribution in [1.82, 2.24) is 9.97 Å². The molecule has 4 rings (SSSR count). The maximum absolute atomic E-state index is 13.6. The molecule has 0 unspecified atom stereocenters. The van der Waals surface area contributed by atoms with Crippen molar-refractivity contribution < 1.29 is 27.2 Å². The number of nitrogens with zero attached hydrogens (tertiary/aromatic N) is 3. The van der Waals surface area contributed by atoms with E-state index in [0.29, 0.717) is 5.69 Å². The predicted octanol–water partition coefficient (Wildman–Crippen LogP) is 6.56.